The maximum atomic E-state index is 10.6. The fourth-order valence-electron chi connectivity index (χ4n) is 1.84. The van der Waals surface area contributed by atoms with E-state index in [1.54, 1.807) is 0 Å². The molecule has 0 aliphatic rings. The van der Waals surface area contributed by atoms with Crippen LogP contribution in [-0.4, -0.2) is 34.5 Å². The Morgan fingerprint density at radius 1 is 1.35 bits per heavy atom. The second-order valence-corrected chi connectivity index (χ2v) is 4.62. The van der Waals surface area contributed by atoms with Gasteiger partial charge in [-0.3, -0.25) is 4.79 Å². The van der Waals surface area contributed by atoms with E-state index >= 15 is 0 Å². The minimum atomic E-state index is -0.775. The standard InChI is InChI=1S/C12H20N2O2S/c1-4-13(5-2)10-7-8-11(14(10)6-3)17-9-12(15)16/h7-8H,4-6,9H2,1-3H3,(H,15,16). The molecule has 5 heteroatoms. The Bertz CT molecular complexity index is 373. The average molecular weight is 256 g/mol. The Hall–Kier alpha value is -1.10. The summed E-state index contributed by atoms with van der Waals surface area (Å²) in [6, 6.07) is 4.07. The lowest BCUT2D eigenvalue weighted by Crippen LogP contribution is -2.24. The maximum Gasteiger partial charge on any atom is 0.313 e. The zero-order chi connectivity index (χ0) is 12.8. The lowest BCUT2D eigenvalue weighted by atomic mass is 10.4. The molecule has 0 aliphatic carbocycles. The Labute approximate surface area is 107 Å². The molecule has 0 fully saturated rings. The summed E-state index contributed by atoms with van der Waals surface area (Å²) in [6.07, 6.45) is 0. The quantitative estimate of drug-likeness (QED) is 0.761. The van der Waals surface area contributed by atoms with Crippen LogP contribution in [0.4, 0.5) is 5.82 Å². The second-order valence-electron chi connectivity index (χ2n) is 3.63. The molecule has 1 N–H and O–H groups in total. The Morgan fingerprint density at radius 2 is 2.00 bits per heavy atom. The molecule has 0 aliphatic heterocycles. The van der Waals surface area contributed by atoms with E-state index in [2.05, 4.69) is 36.3 Å². The van der Waals surface area contributed by atoms with Crippen LogP contribution in [0.1, 0.15) is 20.8 Å². The van der Waals surface area contributed by atoms with Gasteiger partial charge in [0.1, 0.15) is 5.82 Å². The van der Waals surface area contributed by atoms with E-state index < -0.39 is 5.97 Å². The van der Waals surface area contributed by atoms with E-state index in [1.165, 1.54) is 17.6 Å². The van der Waals surface area contributed by atoms with Crippen molar-refractivity contribution < 1.29 is 9.90 Å². The van der Waals surface area contributed by atoms with Gasteiger partial charge in [-0.1, -0.05) is 11.8 Å². The molecule has 1 rings (SSSR count). The summed E-state index contributed by atoms with van der Waals surface area (Å²) >= 11 is 1.38. The summed E-state index contributed by atoms with van der Waals surface area (Å²) in [7, 11) is 0. The van der Waals surface area contributed by atoms with Crippen molar-refractivity contribution in [3.05, 3.63) is 12.1 Å². The molecule has 0 unspecified atom stereocenters. The van der Waals surface area contributed by atoms with Crippen LogP contribution >= 0.6 is 11.8 Å². The first-order valence-electron chi connectivity index (χ1n) is 5.93. The van der Waals surface area contributed by atoms with Crippen molar-refractivity contribution in [1.29, 1.82) is 0 Å². The first-order chi connectivity index (χ1) is 8.13. The highest BCUT2D eigenvalue weighted by molar-refractivity contribution is 7.99. The molecule has 17 heavy (non-hydrogen) atoms. The molecule has 0 saturated carbocycles. The van der Waals surface area contributed by atoms with Crippen molar-refractivity contribution >= 4 is 23.5 Å². The number of carboxylic acid groups (broad SMARTS) is 1. The van der Waals surface area contributed by atoms with Crippen LogP contribution in [0.3, 0.4) is 0 Å². The van der Waals surface area contributed by atoms with Crippen LogP contribution in [0.2, 0.25) is 0 Å². The summed E-state index contributed by atoms with van der Waals surface area (Å²) in [5.41, 5.74) is 0. The third-order valence-corrected chi connectivity index (χ3v) is 3.71. The van der Waals surface area contributed by atoms with Gasteiger partial charge in [-0.15, -0.1) is 0 Å². The van der Waals surface area contributed by atoms with Crippen LogP contribution in [-0.2, 0) is 11.3 Å². The summed E-state index contributed by atoms with van der Waals surface area (Å²) in [5.74, 6) is 0.510. The number of hydrogen-bond acceptors (Lipinski definition) is 3. The summed E-state index contributed by atoms with van der Waals surface area (Å²) in [5, 5.41) is 9.73. The van der Waals surface area contributed by atoms with Gasteiger partial charge >= 0.3 is 5.97 Å². The number of aliphatic carboxylic acids is 1. The smallest absolute Gasteiger partial charge is 0.313 e. The Kier molecular flexibility index (Phi) is 5.41. The Morgan fingerprint density at radius 3 is 2.47 bits per heavy atom. The normalized spacial score (nSPS) is 10.5. The van der Waals surface area contributed by atoms with Gasteiger partial charge in [-0.2, -0.15) is 0 Å². The summed E-state index contributed by atoms with van der Waals surface area (Å²) in [4.78, 5) is 12.9. The molecule has 1 aromatic rings. The van der Waals surface area contributed by atoms with Crippen molar-refractivity contribution in [3.63, 3.8) is 0 Å². The zero-order valence-corrected chi connectivity index (χ0v) is 11.5. The minimum absolute atomic E-state index is 0.113. The average Bonchev–Trinajstić information content (AvgIpc) is 2.71. The van der Waals surface area contributed by atoms with E-state index in [4.69, 9.17) is 5.11 Å². The third kappa shape index (κ3) is 3.43. The minimum Gasteiger partial charge on any atom is -0.481 e. The number of thioether (sulfide) groups is 1. The van der Waals surface area contributed by atoms with Crippen LogP contribution in [0.15, 0.2) is 17.2 Å². The molecule has 0 saturated heterocycles. The number of carbonyl (C=O) groups is 1. The highest BCUT2D eigenvalue weighted by atomic mass is 32.2. The molecular formula is C12H20N2O2S. The monoisotopic (exact) mass is 256 g/mol. The predicted molar refractivity (Wildman–Crippen MR) is 72.0 cm³/mol. The van der Waals surface area contributed by atoms with E-state index in [-0.39, 0.29) is 5.75 Å². The van der Waals surface area contributed by atoms with Crippen molar-refractivity contribution in [2.45, 2.75) is 32.3 Å². The summed E-state index contributed by atoms with van der Waals surface area (Å²) in [6.45, 7) is 9.12. The molecule has 1 heterocycles. The first kappa shape index (κ1) is 14.0. The van der Waals surface area contributed by atoms with E-state index in [0.717, 1.165) is 24.7 Å². The number of carboxylic acids is 1. The molecular weight excluding hydrogens is 236 g/mol. The third-order valence-electron chi connectivity index (χ3n) is 2.66. The highest BCUT2D eigenvalue weighted by Crippen LogP contribution is 2.26. The lowest BCUT2D eigenvalue weighted by Gasteiger charge is -2.23. The van der Waals surface area contributed by atoms with Gasteiger partial charge in [-0.05, 0) is 32.9 Å². The van der Waals surface area contributed by atoms with E-state index in [0.29, 0.717) is 0 Å². The molecule has 0 radical (unpaired) electrons. The fourth-order valence-corrected chi connectivity index (χ4v) is 2.66. The van der Waals surface area contributed by atoms with Gasteiger partial charge in [0.2, 0.25) is 0 Å². The molecule has 4 nitrogen and oxygen atoms in total. The van der Waals surface area contributed by atoms with Gasteiger partial charge in [0.15, 0.2) is 0 Å². The fraction of sp³-hybridized carbons (Fsp3) is 0.583. The molecule has 0 spiro atoms. The highest BCUT2D eigenvalue weighted by Gasteiger charge is 2.12. The number of aromatic nitrogens is 1. The first-order valence-corrected chi connectivity index (χ1v) is 6.91. The second kappa shape index (κ2) is 6.59. The van der Waals surface area contributed by atoms with Crippen LogP contribution in [0.25, 0.3) is 0 Å². The topological polar surface area (TPSA) is 45.5 Å². The number of rotatable bonds is 7. The van der Waals surface area contributed by atoms with Crippen molar-refractivity contribution in [2.75, 3.05) is 23.7 Å². The SMILES string of the molecule is CCN(CC)c1ccc(SCC(=O)O)n1CC. The molecule has 0 bridgehead atoms. The van der Waals surface area contributed by atoms with Gasteiger partial charge in [-0.25, -0.2) is 0 Å². The summed E-state index contributed by atoms with van der Waals surface area (Å²) < 4.78 is 2.17. The number of anilines is 1. The van der Waals surface area contributed by atoms with Gasteiger partial charge in [0.25, 0.3) is 0 Å². The Balaban J connectivity index is 2.89. The van der Waals surface area contributed by atoms with Gasteiger partial charge in [0, 0.05) is 19.6 Å². The van der Waals surface area contributed by atoms with Crippen molar-refractivity contribution in [2.24, 2.45) is 0 Å². The molecule has 96 valence electrons. The van der Waals surface area contributed by atoms with Gasteiger partial charge in [0.05, 0.1) is 10.8 Å². The van der Waals surface area contributed by atoms with E-state index in [9.17, 15) is 4.79 Å². The molecule has 1 aromatic heterocycles. The van der Waals surface area contributed by atoms with Crippen molar-refractivity contribution in [1.82, 2.24) is 4.57 Å². The van der Waals surface area contributed by atoms with Crippen LogP contribution < -0.4 is 4.90 Å². The molecule has 0 aromatic carbocycles. The predicted octanol–water partition coefficient (Wildman–Crippen LogP) is 2.53. The lowest BCUT2D eigenvalue weighted by molar-refractivity contribution is -0.133. The molecule has 0 amide bonds. The zero-order valence-electron chi connectivity index (χ0n) is 10.6. The number of nitrogens with zero attached hydrogens (tertiary/aromatic N) is 2. The largest absolute Gasteiger partial charge is 0.481 e. The molecule has 0 atom stereocenters. The number of hydrogen-bond donors (Lipinski definition) is 1. The van der Waals surface area contributed by atoms with Crippen molar-refractivity contribution in [3.8, 4) is 0 Å². The van der Waals surface area contributed by atoms with Crippen LogP contribution in [0.5, 0.6) is 0 Å². The van der Waals surface area contributed by atoms with Gasteiger partial charge < -0.3 is 14.6 Å². The van der Waals surface area contributed by atoms with Crippen LogP contribution in [0, 0.1) is 0 Å². The maximum absolute atomic E-state index is 10.6. The van der Waals surface area contributed by atoms with E-state index in [1.807, 2.05) is 6.07 Å².